The van der Waals surface area contributed by atoms with Crippen LogP contribution in [0.4, 0.5) is 0 Å². The van der Waals surface area contributed by atoms with Gasteiger partial charge in [-0.15, -0.1) is 0 Å². The first-order chi connectivity index (χ1) is 7.06. The van der Waals surface area contributed by atoms with Crippen molar-refractivity contribution in [2.24, 2.45) is 17.6 Å². The Balaban J connectivity index is 2.59. The Morgan fingerprint density at radius 3 is 2.53 bits per heavy atom. The Hall–Kier alpha value is -1.10. The van der Waals surface area contributed by atoms with Gasteiger partial charge in [-0.1, -0.05) is 6.92 Å². The van der Waals surface area contributed by atoms with Crippen LogP contribution in [0.2, 0.25) is 0 Å². The smallest absolute Gasteiger partial charge is 0.237 e. The molecular weight excluding hydrogens is 194 g/mol. The number of carbonyl (C=O) groups is 2. The van der Waals surface area contributed by atoms with Gasteiger partial charge in [-0.2, -0.15) is 0 Å². The summed E-state index contributed by atoms with van der Waals surface area (Å²) in [4.78, 5) is 24.3. The van der Waals surface area contributed by atoms with E-state index in [0.29, 0.717) is 19.0 Å². The largest absolute Gasteiger partial charge is 0.368 e. The van der Waals surface area contributed by atoms with Gasteiger partial charge in [0.05, 0.1) is 12.5 Å². The van der Waals surface area contributed by atoms with Gasteiger partial charge < -0.3 is 16.0 Å². The number of rotatable bonds is 4. The van der Waals surface area contributed by atoms with Crippen molar-refractivity contribution in [2.75, 3.05) is 26.2 Å². The second-order valence-electron chi connectivity index (χ2n) is 4.06. The van der Waals surface area contributed by atoms with Crippen molar-refractivity contribution < 1.29 is 9.59 Å². The lowest BCUT2D eigenvalue weighted by Crippen LogP contribution is -2.43. The number of nitrogens with zero attached hydrogens (tertiary/aromatic N) is 1. The fourth-order valence-electron chi connectivity index (χ4n) is 1.91. The molecule has 1 rings (SSSR count). The van der Waals surface area contributed by atoms with Crippen LogP contribution >= 0.6 is 0 Å². The predicted octanol–water partition coefficient (Wildman–Crippen LogP) is -0.824. The van der Waals surface area contributed by atoms with Crippen molar-refractivity contribution in [3.8, 4) is 0 Å². The molecule has 0 aromatic rings. The Morgan fingerprint density at radius 1 is 1.47 bits per heavy atom. The van der Waals surface area contributed by atoms with Gasteiger partial charge in [-0.25, -0.2) is 0 Å². The number of hydrogen-bond donors (Lipinski definition) is 2. The molecule has 0 radical (unpaired) electrons. The van der Waals surface area contributed by atoms with Crippen LogP contribution in [0.1, 0.15) is 13.8 Å². The SMILES string of the molecule is CCN(CC(N)=O)C(=O)C1CNCC1C. The summed E-state index contributed by atoms with van der Waals surface area (Å²) in [5.41, 5.74) is 5.09. The molecule has 2 amide bonds. The lowest BCUT2D eigenvalue weighted by Gasteiger charge is -2.24. The van der Waals surface area contributed by atoms with Crippen LogP contribution in [0.5, 0.6) is 0 Å². The van der Waals surface area contributed by atoms with E-state index in [-0.39, 0.29) is 18.4 Å². The van der Waals surface area contributed by atoms with Gasteiger partial charge in [-0.3, -0.25) is 9.59 Å². The summed E-state index contributed by atoms with van der Waals surface area (Å²) in [5, 5.41) is 3.17. The molecule has 0 aromatic carbocycles. The van der Waals surface area contributed by atoms with E-state index in [0.717, 1.165) is 6.54 Å². The molecule has 1 aliphatic rings. The third-order valence-corrected chi connectivity index (χ3v) is 2.87. The molecule has 3 N–H and O–H groups in total. The maximum absolute atomic E-state index is 12.0. The number of hydrogen-bond acceptors (Lipinski definition) is 3. The lowest BCUT2D eigenvalue weighted by molar-refractivity contribution is -0.138. The van der Waals surface area contributed by atoms with E-state index in [4.69, 9.17) is 5.73 Å². The average molecular weight is 213 g/mol. The summed E-state index contributed by atoms with van der Waals surface area (Å²) >= 11 is 0. The van der Waals surface area contributed by atoms with Gasteiger partial charge in [0.2, 0.25) is 11.8 Å². The van der Waals surface area contributed by atoms with Crippen LogP contribution in [0, 0.1) is 11.8 Å². The fraction of sp³-hybridized carbons (Fsp3) is 0.800. The molecule has 1 aliphatic heterocycles. The van der Waals surface area contributed by atoms with Crippen LogP contribution in [-0.2, 0) is 9.59 Å². The number of primary amides is 1. The Kier molecular flexibility index (Phi) is 4.08. The number of nitrogens with two attached hydrogens (primary N) is 1. The van der Waals surface area contributed by atoms with Gasteiger partial charge in [-0.05, 0) is 19.4 Å². The van der Waals surface area contributed by atoms with E-state index in [1.165, 1.54) is 4.90 Å². The molecule has 0 aliphatic carbocycles. The Bertz CT molecular complexity index is 255. The van der Waals surface area contributed by atoms with Crippen LogP contribution in [-0.4, -0.2) is 42.9 Å². The van der Waals surface area contributed by atoms with E-state index in [1.54, 1.807) is 0 Å². The van der Waals surface area contributed by atoms with Crippen LogP contribution < -0.4 is 11.1 Å². The topological polar surface area (TPSA) is 75.4 Å². The minimum Gasteiger partial charge on any atom is -0.368 e. The summed E-state index contributed by atoms with van der Waals surface area (Å²) in [6.45, 7) is 6.03. The maximum Gasteiger partial charge on any atom is 0.237 e. The normalized spacial score (nSPS) is 25.2. The molecule has 2 unspecified atom stereocenters. The number of amides is 2. The van der Waals surface area contributed by atoms with Gasteiger partial charge in [0.1, 0.15) is 0 Å². The number of nitrogens with one attached hydrogen (secondary N) is 1. The van der Waals surface area contributed by atoms with E-state index < -0.39 is 5.91 Å². The van der Waals surface area contributed by atoms with Crippen molar-refractivity contribution in [3.05, 3.63) is 0 Å². The first kappa shape index (κ1) is 12.0. The highest BCUT2D eigenvalue weighted by Gasteiger charge is 2.32. The predicted molar refractivity (Wildman–Crippen MR) is 57.0 cm³/mol. The van der Waals surface area contributed by atoms with E-state index in [9.17, 15) is 9.59 Å². The van der Waals surface area contributed by atoms with Crippen molar-refractivity contribution in [2.45, 2.75) is 13.8 Å². The highest BCUT2D eigenvalue weighted by Crippen LogP contribution is 2.18. The molecule has 0 bridgehead atoms. The molecule has 0 spiro atoms. The zero-order chi connectivity index (χ0) is 11.4. The van der Waals surface area contributed by atoms with Crippen LogP contribution in [0.15, 0.2) is 0 Å². The minimum atomic E-state index is -0.455. The fourth-order valence-corrected chi connectivity index (χ4v) is 1.91. The number of likely N-dealkylation sites (N-methyl/N-ethyl adjacent to an activating group) is 1. The van der Waals surface area contributed by atoms with Crippen molar-refractivity contribution in [3.63, 3.8) is 0 Å². The quantitative estimate of drug-likeness (QED) is 0.640. The Labute approximate surface area is 90.0 Å². The Morgan fingerprint density at radius 2 is 2.13 bits per heavy atom. The minimum absolute atomic E-state index is 0.00991. The zero-order valence-corrected chi connectivity index (χ0v) is 9.32. The molecular formula is C10H19N3O2. The second-order valence-corrected chi connectivity index (χ2v) is 4.06. The van der Waals surface area contributed by atoms with E-state index in [1.807, 2.05) is 13.8 Å². The van der Waals surface area contributed by atoms with Crippen LogP contribution in [0.25, 0.3) is 0 Å². The van der Waals surface area contributed by atoms with Gasteiger partial charge >= 0.3 is 0 Å². The van der Waals surface area contributed by atoms with E-state index >= 15 is 0 Å². The summed E-state index contributed by atoms with van der Waals surface area (Å²) in [6.07, 6.45) is 0. The molecule has 5 heteroatoms. The van der Waals surface area contributed by atoms with Crippen molar-refractivity contribution in [1.29, 1.82) is 0 Å². The average Bonchev–Trinajstić information content (AvgIpc) is 2.59. The van der Waals surface area contributed by atoms with E-state index in [2.05, 4.69) is 5.32 Å². The third-order valence-electron chi connectivity index (χ3n) is 2.87. The molecule has 1 saturated heterocycles. The molecule has 0 aromatic heterocycles. The standard InChI is InChI=1S/C10H19N3O2/c1-3-13(6-9(11)14)10(15)8-5-12-4-7(8)2/h7-8,12H,3-6H2,1-2H3,(H2,11,14). The van der Waals surface area contributed by atoms with Gasteiger partial charge in [0, 0.05) is 13.1 Å². The maximum atomic E-state index is 12.0. The summed E-state index contributed by atoms with van der Waals surface area (Å²) in [6, 6.07) is 0. The highest BCUT2D eigenvalue weighted by molar-refractivity contribution is 5.85. The molecule has 1 heterocycles. The first-order valence-corrected chi connectivity index (χ1v) is 5.34. The van der Waals surface area contributed by atoms with Gasteiger partial charge in [0.25, 0.3) is 0 Å². The summed E-state index contributed by atoms with van der Waals surface area (Å²) < 4.78 is 0. The summed E-state index contributed by atoms with van der Waals surface area (Å²) in [7, 11) is 0. The molecule has 1 fully saturated rings. The second kappa shape index (κ2) is 5.11. The first-order valence-electron chi connectivity index (χ1n) is 5.34. The van der Waals surface area contributed by atoms with Gasteiger partial charge in [0.15, 0.2) is 0 Å². The molecule has 5 nitrogen and oxygen atoms in total. The molecule has 15 heavy (non-hydrogen) atoms. The number of carbonyl (C=O) groups excluding carboxylic acids is 2. The molecule has 86 valence electrons. The lowest BCUT2D eigenvalue weighted by atomic mass is 9.96. The monoisotopic (exact) mass is 213 g/mol. The molecule has 0 saturated carbocycles. The zero-order valence-electron chi connectivity index (χ0n) is 9.32. The van der Waals surface area contributed by atoms with Crippen LogP contribution in [0.3, 0.4) is 0 Å². The highest BCUT2D eigenvalue weighted by atomic mass is 16.2. The van der Waals surface area contributed by atoms with Crippen molar-refractivity contribution in [1.82, 2.24) is 10.2 Å². The third kappa shape index (κ3) is 2.92. The molecule has 2 atom stereocenters. The summed E-state index contributed by atoms with van der Waals surface area (Å²) in [5.74, 6) is -0.0960. The van der Waals surface area contributed by atoms with Crippen molar-refractivity contribution >= 4 is 11.8 Å².